The number of halogens is 3. The number of allylic oxidation sites excluding steroid dienone is 1. The molecule has 1 N–H and O–H groups in total. The summed E-state index contributed by atoms with van der Waals surface area (Å²) in [6.45, 7) is 1.83. The summed E-state index contributed by atoms with van der Waals surface area (Å²) in [4.78, 5) is 29.3. The molecule has 1 aromatic rings. The monoisotopic (exact) mass is 488 g/mol. The molecule has 1 amide bonds. The van der Waals surface area contributed by atoms with Crippen molar-refractivity contribution < 1.29 is 22.8 Å². The molecule has 0 bridgehead atoms. The predicted molar refractivity (Wildman–Crippen MR) is 121 cm³/mol. The van der Waals surface area contributed by atoms with Gasteiger partial charge in [0.05, 0.1) is 12.1 Å². The van der Waals surface area contributed by atoms with Crippen molar-refractivity contribution in [3.8, 4) is 0 Å². The molecule has 3 aliphatic rings. The Morgan fingerprint density at radius 1 is 1.12 bits per heavy atom. The number of carbonyl (C=O) groups is 2. The molecule has 0 unspecified atom stereocenters. The molecule has 3 aliphatic heterocycles. The number of carbonyl (C=O) groups excluding carboxylic acids is 2. The van der Waals surface area contributed by atoms with Gasteiger partial charge in [-0.1, -0.05) is 6.42 Å². The molecule has 1 saturated heterocycles. The van der Waals surface area contributed by atoms with Crippen LogP contribution in [0.4, 0.5) is 18.2 Å². The van der Waals surface area contributed by atoms with Crippen LogP contribution in [0, 0.1) is 0 Å². The molecule has 176 valence electrons. The molecule has 0 aromatic carbocycles. The Bertz CT molecular complexity index is 938. The summed E-state index contributed by atoms with van der Waals surface area (Å²) >= 11 is 3.05. The fourth-order valence-electron chi connectivity index (χ4n) is 4.51. The van der Waals surface area contributed by atoms with Gasteiger partial charge >= 0.3 is 6.18 Å². The number of hydrogen-bond acceptors (Lipinski definition) is 7. The van der Waals surface area contributed by atoms with Crippen molar-refractivity contribution in [2.45, 2.75) is 37.6 Å². The van der Waals surface area contributed by atoms with Gasteiger partial charge in [0, 0.05) is 36.8 Å². The number of nitrogens with one attached hydrogen (secondary N) is 1. The summed E-state index contributed by atoms with van der Waals surface area (Å²) in [5, 5.41) is 5.61. The maximum absolute atomic E-state index is 13.8. The summed E-state index contributed by atoms with van der Waals surface area (Å²) in [5.74, 6) is 0.646. The van der Waals surface area contributed by atoms with E-state index in [1.807, 2.05) is 0 Å². The minimum absolute atomic E-state index is 0.120. The minimum Gasteiger partial charge on any atom is -0.316 e. The maximum Gasteiger partial charge on any atom is 0.432 e. The molecule has 0 saturated carbocycles. The van der Waals surface area contributed by atoms with E-state index in [0.717, 1.165) is 53.6 Å². The first kappa shape index (κ1) is 23.6. The molecule has 6 nitrogen and oxygen atoms in total. The number of likely N-dealkylation sites (tertiary alicyclic amines) is 1. The lowest BCUT2D eigenvalue weighted by atomic mass is 9.97. The fraction of sp³-hybridized carbons (Fsp3) is 0.619. The summed E-state index contributed by atoms with van der Waals surface area (Å²) in [6, 6.07) is 0. The molecule has 0 radical (unpaired) electrons. The lowest BCUT2D eigenvalue weighted by Crippen LogP contribution is -2.36. The number of anilines is 1. The SMILES string of the molecule is CN1CC(C(=O)c2c(NC(=O)CN3CCCCC3)sc3c2CCSC3)=C(C(F)(F)F)N1C. The van der Waals surface area contributed by atoms with Gasteiger partial charge in [0.25, 0.3) is 0 Å². The van der Waals surface area contributed by atoms with Gasteiger partial charge in [0.2, 0.25) is 5.91 Å². The average molecular weight is 489 g/mol. The lowest BCUT2D eigenvalue weighted by molar-refractivity contribution is -0.123. The van der Waals surface area contributed by atoms with Crippen LogP contribution in [-0.2, 0) is 17.0 Å². The predicted octanol–water partition coefficient (Wildman–Crippen LogP) is 3.75. The maximum atomic E-state index is 13.8. The van der Waals surface area contributed by atoms with Gasteiger partial charge in [-0.2, -0.15) is 24.9 Å². The van der Waals surface area contributed by atoms with E-state index in [1.54, 1.807) is 11.8 Å². The largest absolute Gasteiger partial charge is 0.432 e. The smallest absolute Gasteiger partial charge is 0.316 e. The third-order valence-corrected chi connectivity index (χ3v) is 8.48. The van der Waals surface area contributed by atoms with Crippen LogP contribution in [0.5, 0.6) is 0 Å². The highest BCUT2D eigenvalue weighted by Crippen LogP contribution is 2.43. The highest BCUT2D eigenvalue weighted by atomic mass is 32.2. The van der Waals surface area contributed by atoms with E-state index in [9.17, 15) is 22.8 Å². The lowest BCUT2D eigenvalue weighted by Gasteiger charge is -2.25. The van der Waals surface area contributed by atoms with E-state index in [1.165, 1.54) is 30.4 Å². The zero-order valence-electron chi connectivity index (χ0n) is 18.2. The van der Waals surface area contributed by atoms with Crippen molar-refractivity contribution in [3.05, 3.63) is 27.3 Å². The first-order valence-corrected chi connectivity index (χ1v) is 12.7. The molecule has 1 fully saturated rings. The minimum atomic E-state index is -4.64. The van der Waals surface area contributed by atoms with Gasteiger partial charge in [0.1, 0.15) is 10.7 Å². The van der Waals surface area contributed by atoms with Gasteiger partial charge in [-0.05, 0) is 43.7 Å². The number of likely N-dealkylation sites (N-methyl/N-ethyl adjacent to an activating group) is 1. The van der Waals surface area contributed by atoms with E-state index in [4.69, 9.17) is 0 Å². The van der Waals surface area contributed by atoms with Crippen LogP contribution in [0.1, 0.15) is 40.1 Å². The van der Waals surface area contributed by atoms with Crippen LogP contribution >= 0.6 is 23.1 Å². The van der Waals surface area contributed by atoms with Crippen molar-refractivity contribution in [1.82, 2.24) is 14.9 Å². The average Bonchev–Trinajstić information content (AvgIpc) is 3.24. The Labute approximate surface area is 193 Å². The number of thioether (sulfide) groups is 1. The molecule has 1 aromatic heterocycles. The van der Waals surface area contributed by atoms with Gasteiger partial charge in [-0.15, -0.1) is 11.3 Å². The number of hydrazine groups is 1. The third kappa shape index (κ3) is 4.71. The standard InChI is InChI=1S/C21H27F3N4O2S2/c1-26-10-14(19(27(26)2)21(22,23)24)18(30)17-13-6-9-31-12-15(13)32-20(17)25-16(29)11-28-7-4-3-5-8-28/h3-12H2,1-2H3,(H,25,29). The number of amides is 1. The molecule has 4 heterocycles. The van der Waals surface area contributed by atoms with Crippen LogP contribution in [0.2, 0.25) is 0 Å². The zero-order chi connectivity index (χ0) is 23.0. The summed E-state index contributed by atoms with van der Waals surface area (Å²) in [6.07, 6.45) is -0.770. The van der Waals surface area contributed by atoms with Crippen LogP contribution < -0.4 is 5.32 Å². The molecule has 32 heavy (non-hydrogen) atoms. The normalized spacial score (nSPS) is 20.6. The van der Waals surface area contributed by atoms with Gasteiger partial charge in [0.15, 0.2) is 5.78 Å². The number of fused-ring (bicyclic) bond motifs is 1. The van der Waals surface area contributed by atoms with Crippen molar-refractivity contribution in [1.29, 1.82) is 0 Å². The highest BCUT2D eigenvalue weighted by molar-refractivity contribution is 7.98. The molecule has 11 heteroatoms. The Morgan fingerprint density at radius 2 is 1.84 bits per heavy atom. The molecule has 0 aliphatic carbocycles. The first-order chi connectivity index (χ1) is 15.2. The molecule has 0 atom stereocenters. The second-order valence-corrected chi connectivity index (χ2v) is 10.6. The number of nitrogens with zero attached hydrogens (tertiary/aromatic N) is 3. The first-order valence-electron chi connectivity index (χ1n) is 10.7. The van der Waals surface area contributed by atoms with Gasteiger partial charge in [-0.25, -0.2) is 5.01 Å². The number of Topliss-reactive ketones (excluding diaryl/α,β-unsaturated/α-hetero) is 1. The van der Waals surface area contributed by atoms with Crippen molar-refractivity contribution in [3.63, 3.8) is 0 Å². The Morgan fingerprint density at radius 3 is 2.53 bits per heavy atom. The van der Waals surface area contributed by atoms with E-state index in [0.29, 0.717) is 17.2 Å². The highest BCUT2D eigenvalue weighted by Gasteiger charge is 2.46. The summed E-state index contributed by atoms with van der Waals surface area (Å²) in [5.41, 5.74) is -0.162. The Balaban J connectivity index is 1.67. The van der Waals surface area contributed by atoms with E-state index >= 15 is 0 Å². The van der Waals surface area contributed by atoms with Crippen LogP contribution in [0.3, 0.4) is 0 Å². The Kier molecular flexibility index (Phi) is 6.90. The number of thiophene rings is 1. The quantitative estimate of drug-likeness (QED) is 0.638. The van der Waals surface area contributed by atoms with Gasteiger partial charge in [-0.3, -0.25) is 14.5 Å². The van der Waals surface area contributed by atoms with Crippen molar-refractivity contribution in [2.24, 2.45) is 0 Å². The molecular weight excluding hydrogens is 461 g/mol. The number of hydrogen-bond donors (Lipinski definition) is 1. The number of ketones is 1. The van der Waals surface area contributed by atoms with Crippen LogP contribution in [-0.4, -0.2) is 78.8 Å². The van der Waals surface area contributed by atoms with E-state index < -0.39 is 17.7 Å². The third-order valence-electron chi connectivity index (χ3n) is 6.17. The topological polar surface area (TPSA) is 55.9 Å². The fourth-order valence-corrected chi connectivity index (χ4v) is 6.90. The Hall–Kier alpha value is -1.56. The number of alkyl halides is 3. The van der Waals surface area contributed by atoms with E-state index in [-0.39, 0.29) is 30.1 Å². The van der Waals surface area contributed by atoms with Crippen molar-refractivity contribution >= 4 is 39.8 Å². The van der Waals surface area contributed by atoms with E-state index in [2.05, 4.69) is 10.2 Å². The molecular formula is C21H27F3N4O2S2. The number of piperidine rings is 1. The second kappa shape index (κ2) is 9.36. The molecule has 4 rings (SSSR count). The molecule has 0 spiro atoms. The van der Waals surface area contributed by atoms with Crippen LogP contribution in [0.25, 0.3) is 0 Å². The zero-order valence-corrected chi connectivity index (χ0v) is 19.8. The van der Waals surface area contributed by atoms with Crippen molar-refractivity contribution in [2.75, 3.05) is 51.3 Å². The summed E-state index contributed by atoms with van der Waals surface area (Å²) in [7, 11) is 2.83. The number of rotatable bonds is 5. The van der Waals surface area contributed by atoms with Gasteiger partial charge < -0.3 is 10.3 Å². The van der Waals surface area contributed by atoms with Crippen LogP contribution in [0.15, 0.2) is 11.3 Å². The summed E-state index contributed by atoms with van der Waals surface area (Å²) < 4.78 is 41.4. The second-order valence-electron chi connectivity index (χ2n) is 8.39.